The molecule has 4 aromatic carbocycles. The van der Waals surface area contributed by atoms with Crippen molar-refractivity contribution in [3.05, 3.63) is 136 Å². The number of rotatable bonds is 5. The van der Waals surface area contributed by atoms with Gasteiger partial charge in [-0.25, -0.2) is 9.98 Å². The summed E-state index contributed by atoms with van der Waals surface area (Å²) in [6, 6.07) is 35.5. The van der Waals surface area contributed by atoms with Gasteiger partial charge in [0.15, 0.2) is 5.17 Å². The van der Waals surface area contributed by atoms with E-state index in [9.17, 15) is 4.79 Å². The van der Waals surface area contributed by atoms with Crippen LogP contribution in [-0.4, -0.2) is 15.1 Å². The van der Waals surface area contributed by atoms with Gasteiger partial charge in [0.1, 0.15) is 5.69 Å². The number of thioether (sulfide) groups is 1. The number of fused-ring (bicyclic) bond motifs is 1. The molecule has 1 heterocycles. The highest BCUT2D eigenvalue weighted by Crippen LogP contribution is 2.35. The quantitative estimate of drug-likeness (QED) is 0.215. The Labute approximate surface area is 208 Å². The third kappa shape index (κ3) is 5.50. The molecule has 5 nitrogen and oxygen atoms in total. The Morgan fingerprint density at radius 3 is 2.26 bits per heavy atom. The minimum absolute atomic E-state index is 0.209. The third-order valence-corrected chi connectivity index (χ3v) is 6.64. The van der Waals surface area contributed by atoms with Gasteiger partial charge in [-0.1, -0.05) is 90.1 Å². The van der Waals surface area contributed by atoms with E-state index in [1.807, 2.05) is 109 Å². The number of aliphatic imine (C=N–C) groups is 1. The number of anilines is 1. The highest BCUT2D eigenvalue weighted by molar-refractivity contribution is 8.14. The van der Waals surface area contributed by atoms with E-state index in [4.69, 9.17) is 9.98 Å². The standard InChI is InChI=1S/C29H24N4OS/c1-20-16-18-23(19-17-20)31-29(30-22-12-6-3-7-13-22)35-27(21-10-4-2-5-11-21)26-28(34)33-25-15-9-8-14-24(25)32-26/h2-19,27H,1H3,(H,30,31)(H,33,34). The minimum Gasteiger partial charge on any atom is -0.335 e. The molecule has 0 aliphatic heterocycles. The molecular weight excluding hydrogens is 452 g/mol. The molecule has 0 amide bonds. The Morgan fingerprint density at radius 2 is 1.51 bits per heavy atom. The number of benzene rings is 4. The van der Waals surface area contributed by atoms with Crippen LogP contribution >= 0.6 is 11.8 Å². The summed E-state index contributed by atoms with van der Waals surface area (Å²) in [5.74, 6) is 0. The van der Waals surface area contributed by atoms with Gasteiger partial charge in [0, 0.05) is 5.69 Å². The Bertz CT molecular complexity index is 1510. The maximum absolute atomic E-state index is 13.2. The van der Waals surface area contributed by atoms with E-state index < -0.39 is 0 Å². The zero-order valence-electron chi connectivity index (χ0n) is 19.2. The average Bonchev–Trinajstić information content (AvgIpc) is 2.89. The first kappa shape index (κ1) is 22.6. The van der Waals surface area contributed by atoms with Crippen LogP contribution in [-0.2, 0) is 0 Å². The van der Waals surface area contributed by atoms with Crippen LogP contribution in [0.1, 0.15) is 22.1 Å². The topological polar surface area (TPSA) is 70.1 Å². The molecule has 172 valence electrons. The van der Waals surface area contributed by atoms with Gasteiger partial charge in [0.05, 0.1) is 22.0 Å². The van der Waals surface area contributed by atoms with Crippen LogP contribution < -0.4 is 10.9 Å². The molecule has 5 aromatic rings. The predicted octanol–water partition coefficient (Wildman–Crippen LogP) is 6.85. The molecular formula is C29H24N4OS. The number of hydrogen-bond donors (Lipinski definition) is 2. The molecule has 1 unspecified atom stereocenters. The summed E-state index contributed by atoms with van der Waals surface area (Å²) in [5.41, 5.74) is 5.57. The van der Waals surface area contributed by atoms with Crippen molar-refractivity contribution in [2.75, 3.05) is 5.32 Å². The van der Waals surface area contributed by atoms with Crippen molar-refractivity contribution in [1.82, 2.24) is 9.97 Å². The highest BCUT2D eigenvalue weighted by Gasteiger charge is 2.23. The molecule has 1 aromatic heterocycles. The second-order valence-corrected chi connectivity index (χ2v) is 9.21. The van der Waals surface area contributed by atoms with E-state index in [-0.39, 0.29) is 10.8 Å². The Balaban J connectivity index is 1.61. The van der Waals surface area contributed by atoms with Crippen LogP contribution in [0.4, 0.5) is 11.4 Å². The number of para-hydroxylation sites is 3. The fourth-order valence-electron chi connectivity index (χ4n) is 3.71. The van der Waals surface area contributed by atoms with Crippen LogP contribution in [0, 0.1) is 6.92 Å². The molecule has 0 saturated heterocycles. The first-order chi connectivity index (χ1) is 17.2. The zero-order valence-corrected chi connectivity index (χ0v) is 20.0. The first-order valence-corrected chi connectivity index (χ1v) is 12.2. The molecule has 0 saturated carbocycles. The smallest absolute Gasteiger partial charge is 0.271 e. The first-order valence-electron chi connectivity index (χ1n) is 11.3. The van der Waals surface area contributed by atoms with Gasteiger partial charge in [-0.2, -0.15) is 0 Å². The van der Waals surface area contributed by atoms with E-state index in [0.29, 0.717) is 16.4 Å². The average molecular weight is 477 g/mol. The van der Waals surface area contributed by atoms with Crippen LogP contribution in [0.3, 0.4) is 0 Å². The molecule has 1 atom stereocenters. The Hall–Kier alpha value is -4.16. The van der Waals surface area contributed by atoms with Gasteiger partial charge < -0.3 is 10.3 Å². The van der Waals surface area contributed by atoms with E-state index >= 15 is 0 Å². The zero-order chi connectivity index (χ0) is 24.0. The van der Waals surface area contributed by atoms with Gasteiger partial charge in [-0.3, -0.25) is 4.79 Å². The fourth-order valence-corrected chi connectivity index (χ4v) is 4.83. The van der Waals surface area contributed by atoms with Crippen molar-refractivity contribution in [3.8, 4) is 0 Å². The predicted molar refractivity (Wildman–Crippen MR) is 147 cm³/mol. The maximum Gasteiger partial charge on any atom is 0.271 e. The second kappa shape index (κ2) is 10.4. The molecule has 0 radical (unpaired) electrons. The third-order valence-electron chi connectivity index (χ3n) is 5.50. The van der Waals surface area contributed by atoms with E-state index in [1.54, 1.807) is 0 Å². The lowest BCUT2D eigenvalue weighted by Crippen LogP contribution is -2.20. The lowest BCUT2D eigenvalue weighted by Gasteiger charge is -2.19. The van der Waals surface area contributed by atoms with Crippen molar-refractivity contribution in [2.45, 2.75) is 12.2 Å². The molecule has 0 spiro atoms. The van der Waals surface area contributed by atoms with Crippen molar-refractivity contribution < 1.29 is 0 Å². The minimum atomic E-state index is -0.370. The van der Waals surface area contributed by atoms with Gasteiger partial charge >= 0.3 is 0 Å². The van der Waals surface area contributed by atoms with Crippen LogP contribution in [0.15, 0.2) is 119 Å². The summed E-state index contributed by atoms with van der Waals surface area (Å²) in [7, 11) is 0. The van der Waals surface area contributed by atoms with Gasteiger partial charge in [-0.15, -0.1) is 0 Å². The number of nitrogens with one attached hydrogen (secondary N) is 2. The largest absolute Gasteiger partial charge is 0.335 e. The van der Waals surface area contributed by atoms with Crippen LogP contribution in [0.2, 0.25) is 0 Å². The Morgan fingerprint density at radius 1 is 0.857 bits per heavy atom. The molecule has 0 aliphatic rings. The summed E-state index contributed by atoms with van der Waals surface area (Å²) in [6.07, 6.45) is 0. The summed E-state index contributed by atoms with van der Waals surface area (Å²) >= 11 is 1.47. The van der Waals surface area contributed by atoms with E-state index in [2.05, 4.69) is 17.2 Å². The fraction of sp³-hybridized carbons (Fsp3) is 0.0690. The summed E-state index contributed by atoms with van der Waals surface area (Å²) in [4.78, 5) is 25.9. The van der Waals surface area contributed by atoms with Crippen molar-refractivity contribution in [2.24, 2.45) is 4.99 Å². The van der Waals surface area contributed by atoms with Gasteiger partial charge in [0.2, 0.25) is 0 Å². The maximum atomic E-state index is 13.2. The monoisotopic (exact) mass is 476 g/mol. The lowest BCUT2D eigenvalue weighted by atomic mass is 10.1. The van der Waals surface area contributed by atoms with Crippen LogP contribution in [0.25, 0.3) is 11.0 Å². The number of H-pyrrole nitrogens is 1. The molecule has 6 heteroatoms. The second-order valence-electron chi connectivity index (χ2n) is 8.12. The highest BCUT2D eigenvalue weighted by atomic mass is 32.2. The van der Waals surface area contributed by atoms with Gasteiger partial charge in [-0.05, 0) is 48.9 Å². The molecule has 0 bridgehead atoms. The molecule has 2 N–H and O–H groups in total. The molecule has 0 aliphatic carbocycles. The summed E-state index contributed by atoms with van der Waals surface area (Å²) < 4.78 is 0. The normalized spacial score (nSPS) is 12.4. The molecule has 35 heavy (non-hydrogen) atoms. The number of aromatic amines is 1. The number of nitrogens with zero attached hydrogens (tertiary/aromatic N) is 2. The van der Waals surface area contributed by atoms with Crippen molar-refractivity contribution in [1.29, 1.82) is 0 Å². The SMILES string of the molecule is Cc1ccc(N=C(Nc2ccccc2)SC(c2ccccc2)c2nc3ccccc3[nH]c2=O)cc1. The number of amidine groups is 1. The van der Waals surface area contributed by atoms with E-state index in [0.717, 1.165) is 22.5 Å². The summed E-state index contributed by atoms with van der Waals surface area (Å²) in [6.45, 7) is 2.05. The number of hydrogen-bond acceptors (Lipinski definition) is 4. The molecule has 5 rings (SSSR count). The van der Waals surface area contributed by atoms with E-state index in [1.165, 1.54) is 17.3 Å². The number of aromatic nitrogens is 2. The van der Waals surface area contributed by atoms with Gasteiger partial charge in [0.25, 0.3) is 5.56 Å². The van der Waals surface area contributed by atoms with Crippen molar-refractivity contribution >= 4 is 39.3 Å². The lowest BCUT2D eigenvalue weighted by molar-refractivity contribution is 1.01. The summed E-state index contributed by atoms with van der Waals surface area (Å²) in [5, 5.41) is 3.74. The number of aryl methyl sites for hydroxylation is 1. The molecule has 0 fully saturated rings. The van der Waals surface area contributed by atoms with Crippen molar-refractivity contribution in [3.63, 3.8) is 0 Å². The Kier molecular flexibility index (Phi) is 6.73. The van der Waals surface area contributed by atoms with Crippen LogP contribution in [0.5, 0.6) is 0 Å².